The van der Waals surface area contributed by atoms with Crippen LogP contribution in [0.5, 0.6) is 0 Å². The molecule has 0 amide bonds. The van der Waals surface area contributed by atoms with Crippen molar-refractivity contribution in [3.05, 3.63) is 29.1 Å². The lowest BCUT2D eigenvalue weighted by Gasteiger charge is -2.02. The second-order valence-electron chi connectivity index (χ2n) is 3.45. The first-order valence-corrected chi connectivity index (χ1v) is 4.51. The van der Waals surface area contributed by atoms with E-state index in [2.05, 4.69) is 11.1 Å². The van der Waals surface area contributed by atoms with Gasteiger partial charge in [0.25, 0.3) is 0 Å². The van der Waals surface area contributed by atoms with E-state index >= 15 is 0 Å². The summed E-state index contributed by atoms with van der Waals surface area (Å²) >= 11 is 0. The molecule has 0 spiro atoms. The van der Waals surface area contributed by atoms with Crippen LogP contribution in [0.3, 0.4) is 0 Å². The summed E-state index contributed by atoms with van der Waals surface area (Å²) in [6, 6.07) is 2.10. The maximum atomic E-state index is 10.7. The normalized spacial score (nSPS) is 10.1. The number of nitrogens with zero attached hydrogens (tertiary/aromatic N) is 1. The molecule has 0 fully saturated rings. The van der Waals surface area contributed by atoms with Gasteiger partial charge in [-0.05, 0) is 38.3 Å². The Kier molecular flexibility index (Phi) is 3.18. The van der Waals surface area contributed by atoms with Crippen molar-refractivity contribution in [2.75, 3.05) is 0 Å². The molecule has 2 heteroatoms. The molecule has 0 atom stereocenters. The lowest BCUT2D eigenvalue weighted by Crippen LogP contribution is -1.96. The van der Waals surface area contributed by atoms with Crippen LogP contribution in [-0.2, 0) is 11.2 Å². The van der Waals surface area contributed by atoms with Crippen molar-refractivity contribution in [3.63, 3.8) is 0 Å². The van der Waals surface area contributed by atoms with Crippen molar-refractivity contribution in [1.82, 2.24) is 4.98 Å². The largest absolute Gasteiger partial charge is 0.300 e. The van der Waals surface area contributed by atoms with Gasteiger partial charge in [-0.15, -0.1) is 0 Å². The Hall–Kier alpha value is -1.18. The van der Waals surface area contributed by atoms with Gasteiger partial charge in [0.15, 0.2) is 0 Å². The van der Waals surface area contributed by atoms with Crippen LogP contribution in [0.15, 0.2) is 12.3 Å². The van der Waals surface area contributed by atoms with Gasteiger partial charge >= 0.3 is 0 Å². The van der Waals surface area contributed by atoms with Crippen molar-refractivity contribution in [2.24, 2.45) is 0 Å². The molecule has 13 heavy (non-hydrogen) atoms. The zero-order valence-corrected chi connectivity index (χ0v) is 8.42. The zero-order valence-electron chi connectivity index (χ0n) is 8.42. The van der Waals surface area contributed by atoms with E-state index in [1.807, 2.05) is 20.0 Å². The van der Waals surface area contributed by atoms with Crippen LogP contribution in [0.1, 0.15) is 30.2 Å². The summed E-state index contributed by atoms with van der Waals surface area (Å²) in [5, 5.41) is 0. The molecule has 0 unspecified atom stereocenters. The summed E-state index contributed by atoms with van der Waals surface area (Å²) in [5.74, 6) is 0.234. The zero-order chi connectivity index (χ0) is 9.84. The van der Waals surface area contributed by atoms with E-state index in [-0.39, 0.29) is 5.78 Å². The first kappa shape index (κ1) is 9.90. The summed E-state index contributed by atoms with van der Waals surface area (Å²) in [6.45, 7) is 5.65. The standard InChI is InChI=1S/C11H15NO/c1-8-6-11(5-4-9(2)13)7-12-10(8)3/h6-7H,4-5H2,1-3H3. The molecule has 1 aromatic heterocycles. The number of ketones is 1. The number of rotatable bonds is 3. The summed E-state index contributed by atoms with van der Waals surface area (Å²) in [6.07, 6.45) is 3.28. The lowest BCUT2D eigenvalue weighted by atomic mass is 10.1. The maximum absolute atomic E-state index is 10.7. The van der Waals surface area contributed by atoms with E-state index in [0.717, 1.165) is 17.7 Å². The summed E-state index contributed by atoms with van der Waals surface area (Å²) < 4.78 is 0. The molecule has 1 rings (SSSR count). The van der Waals surface area contributed by atoms with E-state index in [1.54, 1.807) is 6.92 Å². The minimum atomic E-state index is 0.234. The van der Waals surface area contributed by atoms with Crippen molar-refractivity contribution in [1.29, 1.82) is 0 Å². The predicted octanol–water partition coefficient (Wildman–Crippen LogP) is 2.22. The number of carbonyl (C=O) groups is 1. The van der Waals surface area contributed by atoms with Crippen molar-refractivity contribution in [2.45, 2.75) is 33.6 Å². The monoisotopic (exact) mass is 177 g/mol. The quantitative estimate of drug-likeness (QED) is 0.708. The Morgan fingerprint density at radius 3 is 2.69 bits per heavy atom. The van der Waals surface area contributed by atoms with E-state index < -0.39 is 0 Å². The Bertz CT molecular complexity index is 318. The molecule has 70 valence electrons. The van der Waals surface area contributed by atoms with E-state index in [9.17, 15) is 4.79 Å². The molecular formula is C11H15NO. The second kappa shape index (κ2) is 4.17. The second-order valence-corrected chi connectivity index (χ2v) is 3.45. The minimum Gasteiger partial charge on any atom is -0.300 e. The molecule has 0 aromatic carbocycles. The fraction of sp³-hybridized carbons (Fsp3) is 0.455. The molecule has 0 aliphatic carbocycles. The average molecular weight is 177 g/mol. The Labute approximate surface area is 79.0 Å². The minimum absolute atomic E-state index is 0.234. The van der Waals surface area contributed by atoms with Gasteiger partial charge in [-0.2, -0.15) is 0 Å². The molecule has 0 N–H and O–H groups in total. The van der Waals surface area contributed by atoms with Crippen LogP contribution in [-0.4, -0.2) is 10.8 Å². The van der Waals surface area contributed by atoms with Crippen molar-refractivity contribution in [3.8, 4) is 0 Å². The third kappa shape index (κ3) is 2.98. The fourth-order valence-electron chi connectivity index (χ4n) is 1.16. The Balaban J connectivity index is 2.68. The smallest absolute Gasteiger partial charge is 0.130 e. The molecule has 1 aromatic rings. The molecule has 0 bridgehead atoms. The molecule has 0 radical (unpaired) electrons. The molecule has 0 saturated heterocycles. The highest BCUT2D eigenvalue weighted by molar-refractivity contribution is 5.75. The van der Waals surface area contributed by atoms with Crippen LogP contribution < -0.4 is 0 Å². The van der Waals surface area contributed by atoms with Gasteiger partial charge in [0.05, 0.1) is 0 Å². The summed E-state index contributed by atoms with van der Waals surface area (Å²) in [5.41, 5.74) is 3.41. The average Bonchev–Trinajstić information content (AvgIpc) is 2.07. The van der Waals surface area contributed by atoms with E-state index in [1.165, 1.54) is 5.56 Å². The van der Waals surface area contributed by atoms with Gasteiger partial charge < -0.3 is 4.79 Å². The highest BCUT2D eigenvalue weighted by atomic mass is 16.1. The molecule has 2 nitrogen and oxygen atoms in total. The lowest BCUT2D eigenvalue weighted by molar-refractivity contribution is -0.116. The first-order chi connectivity index (χ1) is 6.09. The number of aryl methyl sites for hydroxylation is 3. The van der Waals surface area contributed by atoms with Crippen LogP contribution in [0.4, 0.5) is 0 Å². The summed E-state index contributed by atoms with van der Waals surface area (Å²) in [4.78, 5) is 15.0. The SMILES string of the molecule is CC(=O)CCc1cnc(C)c(C)c1. The third-order valence-electron chi connectivity index (χ3n) is 2.16. The number of hydrogen-bond donors (Lipinski definition) is 0. The Morgan fingerprint density at radius 2 is 2.15 bits per heavy atom. The van der Waals surface area contributed by atoms with E-state index in [0.29, 0.717) is 6.42 Å². The highest BCUT2D eigenvalue weighted by Gasteiger charge is 1.99. The van der Waals surface area contributed by atoms with Gasteiger partial charge in [-0.1, -0.05) is 6.07 Å². The predicted molar refractivity (Wildman–Crippen MR) is 52.7 cm³/mol. The molecule has 0 saturated carbocycles. The topological polar surface area (TPSA) is 30.0 Å². The fourth-order valence-corrected chi connectivity index (χ4v) is 1.16. The van der Waals surface area contributed by atoms with Gasteiger partial charge in [0.2, 0.25) is 0 Å². The van der Waals surface area contributed by atoms with Crippen LogP contribution in [0.2, 0.25) is 0 Å². The summed E-state index contributed by atoms with van der Waals surface area (Å²) in [7, 11) is 0. The molecule has 0 aliphatic rings. The van der Waals surface area contributed by atoms with Crippen LogP contribution >= 0.6 is 0 Å². The van der Waals surface area contributed by atoms with Crippen LogP contribution in [0, 0.1) is 13.8 Å². The molecular weight excluding hydrogens is 162 g/mol. The van der Waals surface area contributed by atoms with Crippen molar-refractivity contribution < 1.29 is 4.79 Å². The number of pyridine rings is 1. The number of carbonyl (C=O) groups excluding carboxylic acids is 1. The third-order valence-corrected chi connectivity index (χ3v) is 2.16. The number of Topliss-reactive ketones (excluding diaryl/α,β-unsaturated/α-hetero) is 1. The van der Waals surface area contributed by atoms with Crippen molar-refractivity contribution >= 4 is 5.78 Å². The number of aromatic nitrogens is 1. The van der Waals surface area contributed by atoms with Gasteiger partial charge in [0.1, 0.15) is 5.78 Å². The van der Waals surface area contributed by atoms with Gasteiger partial charge in [-0.3, -0.25) is 4.98 Å². The van der Waals surface area contributed by atoms with Gasteiger partial charge in [-0.25, -0.2) is 0 Å². The number of hydrogen-bond acceptors (Lipinski definition) is 2. The molecule has 1 heterocycles. The first-order valence-electron chi connectivity index (χ1n) is 4.51. The van der Waals surface area contributed by atoms with E-state index in [4.69, 9.17) is 0 Å². The molecule has 0 aliphatic heterocycles. The van der Waals surface area contributed by atoms with Gasteiger partial charge in [0, 0.05) is 18.3 Å². The van der Waals surface area contributed by atoms with Crippen LogP contribution in [0.25, 0.3) is 0 Å². The Morgan fingerprint density at radius 1 is 1.46 bits per heavy atom. The maximum Gasteiger partial charge on any atom is 0.130 e. The highest BCUT2D eigenvalue weighted by Crippen LogP contribution is 2.08.